The molecule has 6 heteroatoms. The molecule has 0 aromatic carbocycles. The summed E-state index contributed by atoms with van der Waals surface area (Å²) in [7, 11) is 1.45. The van der Waals surface area contributed by atoms with E-state index in [0.717, 1.165) is 6.20 Å². The van der Waals surface area contributed by atoms with Gasteiger partial charge in [-0.1, -0.05) is 18.5 Å². The van der Waals surface area contributed by atoms with Gasteiger partial charge in [-0.25, -0.2) is 4.98 Å². The molecule has 0 radical (unpaired) electrons. The lowest BCUT2D eigenvalue weighted by atomic mass is 10.2. The van der Waals surface area contributed by atoms with Gasteiger partial charge in [0.2, 0.25) is 5.88 Å². The summed E-state index contributed by atoms with van der Waals surface area (Å²) in [5.41, 5.74) is 0.368. The minimum absolute atomic E-state index is 0.101. The van der Waals surface area contributed by atoms with Crippen LogP contribution in [0.4, 0.5) is 5.69 Å². The second-order valence-electron chi connectivity index (χ2n) is 2.56. The van der Waals surface area contributed by atoms with Gasteiger partial charge in [-0.2, -0.15) is 0 Å². The molecule has 0 fully saturated rings. The molecule has 1 aromatic heterocycles. The largest absolute Gasteiger partial charge is 0.481 e. The lowest BCUT2D eigenvalue weighted by Gasteiger charge is -2.06. The molecule has 5 nitrogen and oxygen atoms in total. The molecule has 1 aromatic rings. The van der Waals surface area contributed by atoms with Crippen LogP contribution in [0.2, 0.25) is 5.02 Å². The first-order valence-electron chi connectivity index (χ1n) is 3.97. The van der Waals surface area contributed by atoms with E-state index in [1.165, 1.54) is 7.11 Å². The fourth-order valence-electron chi connectivity index (χ4n) is 1.11. The zero-order chi connectivity index (χ0) is 10.7. The molecule has 14 heavy (non-hydrogen) atoms. The van der Waals surface area contributed by atoms with Crippen molar-refractivity contribution in [2.45, 2.75) is 13.3 Å². The van der Waals surface area contributed by atoms with Gasteiger partial charge in [-0.15, -0.1) is 0 Å². The number of halogens is 1. The Morgan fingerprint density at radius 3 is 2.79 bits per heavy atom. The highest BCUT2D eigenvalue weighted by molar-refractivity contribution is 6.33. The van der Waals surface area contributed by atoms with E-state index in [9.17, 15) is 10.1 Å². The number of pyridine rings is 1. The number of methoxy groups -OCH3 is 1. The first-order chi connectivity index (χ1) is 6.61. The van der Waals surface area contributed by atoms with E-state index >= 15 is 0 Å². The van der Waals surface area contributed by atoms with Crippen molar-refractivity contribution in [2.75, 3.05) is 7.11 Å². The summed E-state index contributed by atoms with van der Waals surface area (Å²) < 4.78 is 4.93. The second-order valence-corrected chi connectivity index (χ2v) is 2.93. The molecule has 0 unspecified atom stereocenters. The highest BCUT2D eigenvalue weighted by Crippen LogP contribution is 2.32. The Hall–Kier alpha value is -1.36. The van der Waals surface area contributed by atoms with Gasteiger partial charge >= 0.3 is 5.69 Å². The molecule has 76 valence electrons. The molecule has 0 aliphatic carbocycles. The van der Waals surface area contributed by atoms with Gasteiger partial charge in [0.15, 0.2) is 0 Å². The lowest BCUT2D eigenvalue weighted by molar-refractivity contribution is -0.385. The van der Waals surface area contributed by atoms with Gasteiger partial charge in [0, 0.05) is 5.56 Å². The smallest absolute Gasteiger partial charge is 0.306 e. The van der Waals surface area contributed by atoms with Gasteiger partial charge in [-0.05, 0) is 6.42 Å². The van der Waals surface area contributed by atoms with Crippen molar-refractivity contribution in [2.24, 2.45) is 0 Å². The third kappa shape index (κ3) is 1.77. The fourth-order valence-corrected chi connectivity index (χ4v) is 1.44. The van der Waals surface area contributed by atoms with Crippen LogP contribution in [-0.4, -0.2) is 17.0 Å². The van der Waals surface area contributed by atoms with Gasteiger partial charge in [-0.3, -0.25) is 10.1 Å². The van der Waals surface area contributed by atoms with Crippen LogP contribution in [0.1, 0.15) is 12.5 Å². The second kappa shape index (κ2) is 4.23. The van der Waals surface area contributed by atoms with Crippen molar-refractivity contribution >= 4 is 17.3 Å². The Balaban J connectivity index is 3.34. The van der Waals surface area contributed by atoms with Gasteiger partial charge in [0.05, 0.1) is 12.0 Å². The third-order valence-corrected chi connectivity index (χ3v) is 2.22. The van der Waals surface area contributed by atoms with Gasteiger partial charge in [0.25, 0.3) is 0 Å². The molecule has 0 amide bonds. The van der Waals surface area contributed by atoms with Crippen LogP contribution < -0.4 is 4.74 Å². The third-order valence-electron chi connectivity index (χ3n) is 1.80. The van der Waals surface area contributed by atoms with E-state index in [4.69, 9.17) is 16.3 Å². The Kier molecular flexibility index (Phi) is 3.24. The maximum atomic E-state index is 10.5. The molecule has 1 heterocycles. The topological polar surface area (TPSA) is 65.3 Å². The molecule has 0 atom stereocenters. The van der Waals surface area contributed by atoms with Crippen LogP contribution in [0.3, 0.4) is 0 Å². The summed E-state index contributed by atoms with van der Waals surface area (Å²) in [5, 5.41) is 10.6. The maximum Gasteiger partial charge on any atom is 0.306 e. The van der Waals surface area contributed by atoms with Gasteiger partial charge in [0.1, 0.15) is 11.2 Å². The van der Waals surface area contributed by atoms with Crippen molar-refractivity contribution in [3.8, 4) is 5.88 Å². The zero-order valence-corrected chi connectivity index (χ0v) is 8.54. The van der Waals surface area contributed by atoms with Crippen LogP contribution in [0, 0.1) is 10.1 Å². The van der Waals surface area contributed by atoms with Crippen molar-refractivity contribution in [3.05, 3.63) is 26.9 Å². The molecule has 0 aliphatic heterocycles. The number of ether oxygens (including phenoxy) is 1. The van der Waals surface area contributed by atoms with Crippen LogP contribution >= 0.6 is 11.6 Å². The molecule has 0 N–H and O–H groups in total. The molecule has 1 rings (SSSR count). The Bertz CT molecular complexity index is 368. The van der Waals surface area contributed by atoms with E-state index in [-0.39, 0.29) is 10.7 Å². The van der Waals surface area contributed by atoms with Gasteiger partial charge < -0.3 is 4.74 Å². The zero-order valence-electron chi connectivity index (χ0n) is 7.78. The Morgan fingerprint density at radius 2 is 2.36 bits per heavy atom. The number of nitro groups is 1. The van der Waals surface area contributed by atoms with Crippen LogP contribution in [0.15, 0.2) is 6.20 Å². The minimum Gasteiger partial charge on any atom is -0.481 e. The van der Waals surface area contributed by atoms with E-state index in [1.54, 1.807) is 0 Å². The van der Waals surface area contributed by atoms with E-state index < -0.39 is 4.92 Å². The normalized spacial score (nSPS) is 9.93. The molecule has 0 saturated carbocycles. The van der Waals surface area contributed by atoms with Crippen LogP contribution in [-0.2, 0) is 6.42 Å². The summed E-state index contributed by atoms with van der Waals surface area (Å²) in [6, 6.07) is 0. The number of hydrogen-bond acceptors (Lipinski definition) is 4. The van der Waals surface area contributed by atoms with E-state index in [2.05, 4.69) is 4.98 Å². The average molecular weight is 217 g/mol. The molecular formula is C8H9ClN2O3. The van der Waals surface area contributed by atoms with Crippen LogP contribution in [0.5, 0.6) is 5.88 Å². The molecular weight excluding hydrogens is 208 g/mol. The molecule has 0 bridgehead atoms. The SMILES string of the molecule is CCc1c(OC)ncc([N+](=O)[O-])c1Cl. The highest BCUT2D eigenvalue weighted by Gasteiger charge is 2.19. The Morgan fingerprint density at radius 1 is 1.71 bits per heavy atom. The number of rotatable bonds is 3. The lowest BCUT2D eigenvalue weighted by Crippen LogP contribution is -1.99. The average Bonchev–Trinajstić information content (AvgIpc) is 2.16. The summed E-state index contributed by atoms with van der Waals surface area (Å²) in [6.45, 7) is 1.83. The van der Waals surface area contributed by atoms with Crippen LogP contribution in [0.25, 0.3) is 0 Å². The minimum atomic E-state index is -0.562. The highest BCUT2D eigenvalue weighted by atomic mass is 35.5. The van der Waals surface area contributed by atoms with E-state index in [0.29, 0.717) is 17.9 Å². The maximum absolute atomic E-state index is 10.5. The Labute approximate surface area is 85.8 Å². The quantitative estimate of drug-likeness (QED) is 0.574. The summed E-state index contributed by atoms with van der Waals surface area (Å²) in [6.07, 6.45) is 1.64. The summed E-state index contributed by atoms with van der Waals surface area (Å²) in [4.78, 5) is 13.8. The van der Waals surface area contributed by atoms with Crippen molar-refractivity contribution in [1.29, 1.82) is 0 Å². The van der Waals surface area contributed by atoms with E-state index in [1.807, 2.05) is 6.92 Å². The number of aromatic nitrogens is 1. The molecule has 0 aliphatic rings. The first-order valence-corrected chi connectivity index (χ1v) is 4.35. The predicted molar refractivity (Wildman–Crippen MR) is 51.8 cm³/mol. The van der Waals surface area contributed by atoms with Crippen molar-refractivity contribution < 1.29 is 9.66 Å². The fraction of sp³-hybridized carbons (Fsp3) is 0.375. The molecule has 0 spiro atoms. The summed E-state index contributed by atoms with van der Waals surface area (Å²) in [5.74, 6) is 0.336. The monoisotopic (exact) mass is 216 g/mol. The standard InChI is InChI=1S/C8H9ClN2O3/c1-3-5-7(9)6(11(12)13)4-10-8(5)14-2/h4H,3H2,1-2H3. The first kappa shape index (κ1) is 10.7. The molecule has 0 saturated heterocycles. The number of nitrogens with zero attached hydrogens (tertiary/aromatic N) is 2. The summed E-state index contributed by atoms with van der Waals surface area (Å²) >= 11 is 5.83. The number of hydrogen-bond donors (Lipinski definition) is 0. The predicted octanol–water partition coefficient (Wildman–Crippen LogP) is 2.21. The van der Waals surface area contributed by atoms with Crippen molar-refractivity contribution in [3.63, 3.8) is 0 Å². The van der Waals surface area contributed by atoms with Crippen molar-refractivity contribution in [1.82, 2.24) is 4.98 Å².